The first kappa shape index (κ1) is 26.6. The summed E-state index contributed by atoms with van der Waals surface area (Å²) in [5, 5.41) is 13.8. The number of hydrogen-bond donors (Lipinski definition) is 2. The van der Waals surface area contributed by atoms with Crippen LogP contribution in [-0.2, 0) is 20.7 Å². The van der Waals surface area contributed by atoms with E-state index >= 15 is 0 Å². The zero-order valence-electron chi connectivity index (χ0n) is 21.9. The Morgan fingerprint density at radius 2 is 1.72 bits per heavy atom. The van der Waals surface area contributed by atoms with Crippen molar-refractivity contribution in [2.45, 2.75) is 38.0 Å². The minimum absolute atomic E-state index is 0.0238. The van der Waals surface area contributed by atoms with Crippen molar-refractivity contribution in [1.29, 1.82) is 0 Å². The molecule has 0 saturated carbocycles. The zero-order chi connectivity index (χ0) is 27.5. The minimum atomic E-state index is -0.721. The van der Waals surface area contributed by atoms with Crippen molar-refractivity contribution < 1.29 is 24.2 Å². The van der Waals surface area contributed by atoms with E-state index < -0.39 is 11.9 Å². The van der Waals surface area contributed by atoms with Gasteiger partial charge in [0.2, 0.25) is 0 Å². The van der Waals surface area contributed by atoms with E-state index in [-0.39, 0.29) is 34.8 Å². The average Bonchev–Trinajstić information content (AvgIpc) is 2.94. The lowest BCUT2D eigenvalue weighted by molar-refractivity contribution is -0.139. The molecule has 0 fully saturated rings. The van der Waals surface area contributed by atoms with Gasteiger partial charge in [0.25, 0.3) is 0 Å². The molecule has 7 heteroatoms. The van der Waals surface area contributed by atoms with Crippen LogP contribution in [0.3, 0.4) is 0 Å². The van der Waals surface area contributed by atoms with Gasteiger partial charge in [0, 0.05) is 35.7 Å². The van der Waals surface area contributed by atoms with E-state index in [9.17, 15) is 14.7 Å². The molecule has 1 aliphatic heterocycles. The number of hydrogen-bond acceptors (Lipinski definition) is 6. The molecule has 5 rings (SSSR count). The van der Waals surface area contributed by atoms with Gasteiger partial charge in [-0.05, 0) is 48.1 Å². The lowest BCUT2D eigenvalue weighted by Crippen LogP contribution is -2.36. The summed E-state index contributed by atoms with van der Waals surface area (Å²) in [5.41, 5.74) is 5.00. The number of ether oxygens (including phenoxy) is 2. The maximum atomic E-state index is 13.8. The molecule has 200 valence electrons. The number of carbonyl (C=O) groups excluding carboxylic acids is 2. The van der Waals surface area contributed by atoms with Crippen LogP contribution in [0.2, 0.25) is 5.02 Å². The largest absolute Gasteiger partial charge is 0.503 e. The van der Waals surface area contributed by atoms with E-state index in [2.05, 4.69) is 5.32 Å². The molecule has 3 aromatic carbocycles. The number of dihydropyridines is 1. The van der Waals surface area contributed by atoms with Gasteiger partial charge in [-0.3, -0.25) is 4.79 Å². The Hall–Kier alpha value is -4.03. The number of ketones is 1. The van der Waals surface area contributed by atoms with Gasteiger partial charge < -0.3 is 19.9 Å². The fourth-order valence-corrected chi connectivity index (χ4v) is 5.72. The van der Waals surface area contributed by atoms with Crippen molar-refractivity contribution in [2.75, 3.05) is 13.7 Å². The highest BCUT2D eigenvalue weighted by atomic mass is 35.5. The van der Waals surface area contributed by atoms with E-state index in [0.29, 0.717) is 41.7 Å². The summed E-state index contributed by atoms with van der Waals surface area (Å²) in [5.74, 6) is -1.28. The highest BCUT2D eigenvalue weighted by Gasteiger charge is 2.42. The monoisotopic (exact) mass is 543 g/mol. The van der Waals surface area contributed by atoms with Crippen LogP contribution >= 0.6 is 11.6 Å². The smallest absolute Gasteiger partial charge is 0.336 e. The first-order valence-electron chi connectivity index (χ1n) is 12.9. The number of nitrogens with one attached hydrogen (secondary N) is 1. The van der Waals surface area contributed by atoms with Crippen molar-refractivity contribution >= 4 is 23.4 Å². The number of carbonyl (C=O) groups is 2. The maximum Gasteiger partial charge on any atom is 0.336 e. The summed E-state index contributed by atoms with van der Waals surface area (Å²) in [6.45, 7) is 2.02. The molecule has 2 aliphatic rings. The fraction of sp³-hybridized carbons (Fsp3) is 0.250. The maximum absolute atomic E-state index is 13.8. The van der Waals surface area contributed by atoms with Crippen LogP contribution in [0.15, 0.2) is 95.3 Å². The molecular weight excluding hydrogens is 514 g/mol. The second kappa shape index (κ2) is 11.4. The number of esters is 1. The van der Waals surface area contributed by atoms with Crippen LogP contribution in [0.5, 0.6) is 11.5 Å². The summed E-state index contributed by atoms with van der Waals surface area (Å²) in [7, 11) is 1.43. The lowest BCUT2D eigenvalue weighted by Gasteiger charge is -2.37. The average molecular weight is 544 g/mol. The predicted molar refractivity (Wildman–Crippen MR) is 150 cm³/mol. The molecular formula is C32H30ClNO5. The van der Waals surface area contributed by atoms with Gasteiger partial charge >= 0.3 is 5.97 Å². The van der Waals surface area contributed by atoms with E-state index in [0.717, 1.165) is 16.8 Å². The molecule has 0 unspecified atom stereocenters. The lowest BCUT2D eigenvalue weighted by atomic mass is 9.71. The topological polar surface area (TPSA) is 84.9 Å². The molecule has 2 N–H and O–H groups in total. The van der Waals surface area contributed by atoms with Crippen molar-refractivity contribution in [3.05, 3.63) is 117 Å². The van der Waals surface area contributed by atoms with Gasteiger partial charge in [-0.2, -0.15) is 0 Å². The zero-order valence-corrected chi connectivity index (χ0v) is 22.6. The van der Waals surface area contributed by atoms with Gasteiger partial charge in [-0.15, -0.1) is 0 Å². The molecule has 2 atom stereocenters. The van der Waals surface area contributed by atoms with Crippen molar-refractivity contribution in [1.82, 2.24) is 5.32 Å². The highest BCUT2D eigenvalue weighted by Crippen LogP contribution is 2.48. The Labute approximate surface area is 232 Å². The Kier molecular flexibility index (Phi) is 7.75. The predicted octanol–water partition coefficient (Wildman–Crippen LogP) is 6.20. The molecule has 1 aliphatic carbocycles. The van der Waals surface area contributed by atoms with Crippen molar-refractivity contribution in [3.8, 4) is 11.5 Å². The van der Waals surface area contributed by atoms with Crippen LogP contribution in [0.25, 0.3) is 0 Å². The molecule has 0 saturated heterocycles. The molecule has 3 aromatic rings. The molecule has 6 nitrogen and oxygen atoms in total. The number of rotatable bonds is 7. The van der Waals surface area contributed by atoms with E-state index in [1.807, 2.05) is 67.6 Å². The summed E-state index contributed by atoms with van der Waals surface area (Å²) in [6, 6.07) is 23.0. The van der Waals surface area contributed by atoms with Gasteiger partial charge in [0.15, 0.2) is 17.3 Å². The number of methoxy groups -OCH3 is 1. The van der Waals surface area contributed by atoms with Gasteiger partial charge in [0.05, 0.1) is 24.3 Å². The minimum Gasteiger partial charge on any atom is -0.503 e. The molecule has 0 bridgehead atoms. The summed E-state index contributed by atoms with van der Waals surface area (Å²) in [4.78, 5) is 27.4. The Morgan fingerprint density at radius 1 is 1.03 bits per heavy atom. The van der Waals surface area contributed by atoms with Crippen LogP contribution in [0.4, 0.5) is 0 Å². The molecule has 0 radical (unpaired) electrons. The first-order chi connectivity index (χ1) is 18.9. The number of phenolic OH excluding ortho intramolecular Hbond substituents is 1. The third kappa shape index (κ3) is 5.43. The molecule has 39 heavy (non-hydrogen) atoms. The normalized spacial score (nSPS) is 18.9. The van der Waals surface area contributed by atoms with E-state index in [1.54, 1.807) is 12.1 Å². The molecule has 0 spiro atoms. The summed E-state index contributed by atoms with van der Waals surface area (Å²) in [6.07, 6.45) is 1.51. The van der Waals surface area contributed by atoms with Gasteiger partial charge in [0.1, 0.15) is 0 Å². The number of halogens is 1. The van der Waals surface area contributed by atoms with E-state index in [4.69, 9.17) is 21.1 Å². The van der Waals surface area contributed by atoms with Crippen molar-refractivity contribution in [2.24, 2.45) is 0 Å². The SMILES string of the molecule is COc1cc([C@@H]2C(C(=O)OCCc3ccccc3)=C(C)NC3=C2C(=O)C[C@@H](c2ccccc2)C3)cc(Cl)c1O. The Bertz CT molecular complexity index is 1460. The summed E-state index contributed by atoms with van der Waals surface area (Å²) >= 11 is 6.37. The number of allylic oxidation sites excluding steroid dienone is 3. The third-order valence-corrected chi connectivity index (χ3v) is 7.68. The number of benzene rings is 3. The number of Topliss-reactive ketones (excluding diaryl/α,β-unsaturated/α-hetero) is 1. The van der Waals surface area contributed by atoms with Crippen LogP contribution in [-0.4, -0.2) is 30.6 Å². The van der Waals surface area contributed by atoms with Crippen LogP contribution < -0.4 is 10.1 Å². The van der Waals surface area contributed by atoms with Crippen LogP contribution in [0.1, 0.15) is 48.3 Å². The van der Waals surface area contributed by atoms with Crippen LogP contribution in [0, 0.1) is 0 Å². The second-order valence-corrected chi connectivity index (χ2v) is 10.3. The third-order valence-electron chi connectivity index (χ3n) is 7.39. The highest BCUT2D eigenvalue weighted by molar-refractivity contribution is 6.32. The Morgan fingerprint density at radius 3 is 2.41 bits per heavy atom. The first-order valence-corrected chi connectivity index (χ1v) is 13.3. The fourth-order valence-electron chi connectivity index (χ4n) is 5.50. The van der Waals surface area contributed by atoms with E-state index in [1.165, 1.54) is 7.11 Å². The summed E-state index contributed by atoms with van der Waals surface area (Å²) < 4.78 is 11.1. The molecule has 0 aromatic heterocycles. The molecule has 0 amide bonds. The number of aromatic hydroxyl groups is 1. The second-order valence-electron chi connectivity index (χ2n) is 9.85. The quantitative estimate of drug-likeness (QED) is 0.345. The molecule has 1 heterocycles. The number of phenols is 1. The van der Waals surface area contributed by atoms with Gasteiger partial charge in [-0.25, -0.2) is 4.79 Å². The van der Waals surface area contributed by atoms with Gasteiger partial charge in [-0.1, -0.05) is 72.3 Å². The standard InChI is InChI=1S/C32H30ClNO5/c1-19-28(32(37)39-14-13-20-9-5-3-6-10-20)29(23-15-24(33)31(36)27(18-23)38-2)30-25(34-19)16-22(17-26(30)35)21-11-7-4-8-12-21/h3-12,15,18,22,29,34,36H,13-14,16-17H2,1-2H3/t22-,29+/m0/s1. The van der Waals surface area contributed by atoms with Crippen molar-refractivity contribution in [3.63, 3.8) is 0 Å². The Balaban J connectivity index is 1.52.